The number of rotatable bonds is 7. The van der Waals surface area contributed by atoms with Crippen LogP contribution in [-0.4, -0.2) is 25.3 Å². The lowest BCUT2D eigenvalue weighted by Gasteiger charge is -2.26. The second kappa shape index (κ2) is 7.78. The van der Waals surface area contributed by atoms with Gasteiger partial charge in [0, 0.05) is 17.1 Å². The van der Waals surface area contributed by atoms with Crippen molar-refractivity contribution in [3.8, 4) is 0 Å². The molecule has 0 radical (unpaired) electrons. The van der Waals surface area contributed by atoms with Crippen molar-refractivity contribution in [3.63, 3.8) is 0 Å². The van der Waals surface area contributed by atoms with Gasteiger partial charge in [-0.1, -0.05) is 31.4 Å². The molecule has 114 valence electrons. The molecule has 0 fully saturated rings. The van der Waals surface area contributed by atoms with Crippen LogP contribution in [0.5, 0.6) is 0 Å². The van der Waals surface area contributed by atoms with Gasteiger partial charge < -0.3 is 0 Å². The number of hydrogen-bond donors (Lipinski definition) is 0. The van der Waals surface area contributed by atoms with E-state index in [0.29, 0.717) is 16.0 Å². The van der Waals surface area contributed by atoms with Gasteiger partial charge in [-0.3, -0.25) is 0 Å². The van der Waals surface area contributed by atoms with E-state index in [2.05, 4.69) is 22.9 Å². The Labute approximate surface area is 135 Å². The molecule has 0 heterocycles. The molecule has 1 rings (SSSR count). The first kappa shape index (κ1) is 18.0. The Bertz CT molecular complexity index is 546. The van der Waals surface area contributed by atoms with Gasteiger partial charge in [-0.2, -0.15) is 4.31 Å². The molecule has 0 saturated heterocycles. The lowest BCUT2D eigenvalue weighted by Crippen LogP contribution is -2.37. The molecule has 0 amide bonds. The van der Waals surface area contributed by atoms with Crippen molar-refractivity contribution in [3.05, 3.63) is 27.7 Å². The predicted octanol–water partition coefficient (Wildman–Crippen LogP) is 4.69. The molecule has 6 heteroatoms. The van der Waals surface area contributed by atoms with Gasteiger partial charge in [0.25, 0.3) is 0 Å². The molecule has 20 heavy (non-hydrogen) atoms. The van der Waals surface area contributed by atoms with Crippen LogP contribution in [0.1, 0.15) is 40.0 Å². The molecule has 0 N–H and O–H groups in total. The Kier molecular flexibility index (Phi) is 6.98. The van der Waals surface area contributed by atoms with Gasteiger partial charge in [0.05, 0.1) is 9.92 Å². The number of unbranched alkanes of at least 4 members (excludes halogenated alkanes) is 2. The SMILES string of the molecule is CCCCCN(C(C)C)S(=O)(=O)c1ccc(Cl)c(Br)c1. The van der Waals surface area contributed by atoms with E-state index < -0.39 is 10.0 Å². The number of sulfonamides is 1. The van der Waals surface area contributed by atoms with Crippen LogP contribution >= 0.6 is 27.5 Å². The number of nitrogens with zero attached hydrogens (tertiary/aromatic N) is 1. The van der Waals surface area contributed by atoms with Gasteiger partial charge in [-0.25, -0.2) is 8.42 Å². The Morgan fingerprint density at radius 2 is 1.95 bits per heavy atom. The number of hydrogen-bond acceptors (Lipinski definition) is 2. The van der Waals surface area contributed by atoms with Gasteiger partial charge >= 0.3 is 0 Å². The van der Waals surface area contributed by atoms with Crippen molar-refractivity contribution in [2.45, 2.75) is 51.0 Å². The largest absolute Gasteiger partial charge is 0.243 e. The normalized spacial score (nSPS) is 12.3. The maximum Gasteiger partial charge on any atom is 0.243 e. The summed E-state index contributed by atoms with van der Waals surface area (Å²) in [6.45, 7) is 6.45. The minimum absolute atomic E-state index is 0.0636. The maximum absolute atomic E-state index is 12.7. The highest BCUT2D eigenvalue weighted by Gasteiger charge is 2.26. The van der Waals surface area contributed by atoms with Crippen molar-refractivity contribution < 1.29 is 8.42 Å². The molecule has 0 unspecified atom stereocenters. The molecule has 0 aliphatic heterocycles. The molecule has 0 saturated carbocycles. The van der Waals surface area contributed by atoms with Crippen LogP contribution in [0.25, 0.3) is 0 Å². The van der Waals surface area contributed by atoms with E-state index in [1.807, 2.05) is 13.8 Å². The number of benzene rings is 1. The van der Waals surface area contributed by atoms with Gasteiger partial charge in [-0.15, -0.1) is 0 Å². The number of halogens is 2. The van der Waals surface area contributed by atoms with Crippen LogP contribution in [0, 0.1) is 0 Å². The third kappa shape index (κ3) is 4.45. The first-order chi connectivity index (χ1) is 9.30. The first-order valence-corrected chi connectivity index (χ1v) is 9.38. The van der Waals surface area contributed by atoms with E-state index in [1.165, 1.54) is 0 Å². The summed E-state index contributed by atoms with van der Waals surface area (Å²) in [5, 5.41) is 0.506. The zero-order chi connectivity index (χ0) is 15.3. The topological polar surface area (TPSA) is 37.4 Å². The summed E-state index contributed by atoms with van der Waals surface area (Å²) in [5.74, 6) is 0. The van der Waals surface area contributed by atoms with Crippen molar-refractivity contribution in [1.82, 2.24) is 4.31 Å². The molecule has 0 bridgehead atoms. The summed E-state index contributed by atoms with van der Waals surface area (Å²) in [4.78, 5) is 0.277. The summed E-state index contributed by atoms with van der Waals surface area (Å²) in [5.41, 5.74) is 0. The first-order valence-electron chi connectivity index (χ1n) is 6.77. The fraction of sp³-hybridized carbons (Fsp3) is 0.571. The van der Waals surface area contributed by atoms with Gasteiger partial charge in [0.1, 0.15) is 0 Å². The summed E-state index contributed by atoms with van der Waals surface area (Å²) in [7, 11) is -3.48. The quantitative estimate of drug-likeness (QED) is 0.641. The highest BCUT2D eigenvalue weighted by atomic mass is 79.9. The van der Waals surface area contributed by atoms with E-state index in [9.17, 15) is 8.42 Å². The maximum atomic E-state index is 12.7. The zero-order valence-corrected chi connectivity index (χ0v) is 15.2. The fourth-order valence-corrected chi connectivity index (χ4v) is 4.30. The molecule has 3 nitrogen and oxygen atoms in total. The Hall–Kier alpha value is -0.100. The monoisotopic (exact) mass is 381 g/mol. The average molecular weight is 383 g/mol. The molecule has 0 spiro atoms. The second-order valence-corrected chi connectivity index (χ2v) is 8.14. The molecular weight excluding hydrogens is 362 g/mol. The highest BCUT2D eigenvalue weighted by molar-refractivity contribution is 9.10. The predicted molar refractivity (Wildman–Crippen MR) is 87.7 cm³/mol. The highest BCUT2D eigenvalue weighted by Crippen LogP contribution is 2.27. The lowest BCUT2D eigenvalue weighted by atomic mass is 10.2. The van der Waals surface area contributed by atoms with E-state index in [-0.39, 0.29) is 10.9 Å². The third-order valence-corrected chi connectivity index (χ3v) is 6.34. The van der Waals surface area contributed by atoms with Gasteiger partial charge in [0.2, 0.25) is 10.0 Å². The fourth-order valence-electron chi connectivity index (χ4n) is 1.95. The zero-order valence-electron chi connectivity index (χ0n) is 12.1. The van der Waals surface area contributed by atoms with Gasteiger partial charge in [-0.05, 0) is 54.4 Å². The van der Waals surface area contributed by atoms with Gasteiger partial charge in [0.15, 0.2) is 0 Å². The smallest absolute Gasteiger partial charge is 0.207 e. The minimum Gasteiger partial charge on any atom is -0.207 e. The Morgan fingerprint density at radius 3 is 2.45 bits per heavy atom. The van der Waals surface area contributed by atoms with Crippen molar-refractivity contribution in [1.29, 1.82) is 0 Å². The molecular formula is C14H21BrClNO2S. The van der Waals surface area contributed by atoms with Crippen LogP contribution in [-0.2, 0) is 10.0 Å². The third-order valence-electron chi connectivity index (χ3n) is 3.06. The van der Waals surface area contributed by atoms with Crippen LogP contribution in [0.2, 0.25) is 5.02 Å². The van der Waals surface area contributed by atoms with E-state index in [0.717, 1.165) is 19.3 Å². The van der Waals surface area contributed by atoms with Crippen molar-refractivity contribution >= 4 is 37.6 Å². The molecule has 0 aromatic heterocycles. The van der Waals surface area contributed by atoms with Crippen molar-refractivity contribution in [2.24, 2.45) is 0 Å². The summed E-state index contributed by atoms with van der Waals surface area (Å²) in [6.07, 6.45) is 2.98. The van der Waals surface area contributed by atoms with Crippen LogP contribution in [0.3, 0.4) is 0 Å². The van der Waals surface area contributed by atoms with E-state index in [1.54, 1.807) is 22.5 Å². The second-order valence-electron chi connectivity index (χ2n) is 4.99. The summed E-state index contributed by atoms with van der Waals surface area (Å²) >= 11 is 9.19. The minimum atomic E-state index is -3.48. The molecule has 0 aliphatic carbocycles. The Morgan fingerprint density at radius 1 is 1.30 bits per heavy atom. The van der Waals surface area contributed by atoms with E-state index in [4.69, 9.17) is 11.6 Å². The van der Waals surface area contributed by atoms with Crippen molar-refractivity contribution in [2.75, 3.05) is 6.54 Å². The Balaban J connectivity index is 3.06. The summed E-state index contributed by atoms with van der Waals surface area (Å²) in [6, 6.07) is 4.65. The lowest BCUT2D eigenvalue weighted by molar-refractivity contribution is 0.345. The standard InChI is InChI=1S/C14H21BrClNO2S/c1-4-5-6-9-17(11(2)3)20(18,19)12-7-8-14(16)13(15)10-12/h7-8,10-11H,4-6,9H2,1-3H3. The molecule has 1 aromatic carbocycles. The van der Waals surface area contributed by atoms with Crippen LogP contribution < -0.4 is 0 Å². The summed E-state index contributed by atoms with van der Waals surface area (Å²) < 4.78 is 27.5. The molecule has 0 aliphatic rings. The average Bonchev–Trinajstić information content (AvgIpc) is 2.37. The van der Waals surface area contributed by atoms with Crippen LogP contribution in [0.4, 0.5) is 0 Å². The van der Waals surface area contributed by atoms with Crippen LogP contribution in [0.15, 0.2) is 27.6 Å². The molecule has 1 aromatic rings. The van der Waals surface area contributed by atoms with E-state index >= 15 is 0 Å². The molecule has 0 atom stereocenters.